The molecule has 7 rings (SSSR count). The molecule has 0 radical (unpaired) electrons. The summed E-state index contributed by atoms with van der Waals surface area (Å²) >= 11 is 22.4. The van der Waals surface area contributed by atoms with Crippen LogP contribution in [0.4, 0.5) is 11.4 Å². The largest absolute Gasteiger partial charge is 0.255 e. The summed E-state index contributed by atoms with van der Waals surface area (Å²) in [6.45, 7) is 0. The lowest BCUT2D eigenvalue weighted by molar-refractivity contribution is 1.27. The Balaban J connectivity index is 0.929. The van der Waals surface area contributed by atoms with E-state index in [-0.39, 0.29) is 0 Å². The van der Waals surface area contributed by atoms with Gasteiger partial charge in [0.15, 0.2) is 0 Å². The van der Waals surface area contributed by atoms with Crippen LogP contribution in [-0.2, 0) is 0 Å². The van der Waals surface area contributed by atoms with Gasteiger partial charge in [0.05, 0.1) is 69.1 Å². The highest BCUT2D eigenvalue weighted by Gasteiger charge is 2.28. The van der Waals surface area contributed by atoms with Crippen LogP contribution in [-0.4, -0.2) is 42.4 Å². The van der Waals surface area contributed by atoms with Gasteiger partial charge in [0.1, 0.15) is 0 Å². The van der Waals surface area contributed by atoms with E-state index in [1.165, 1.54) is 54.8 Å². The first kappa shape index (κ1) is 37.9. The maximum atomic E-state index is 4.74. The highest BCUT2D eigenvalue weighted by atomic mass is 32.3. The molecule has 0 unspecified atom stereocenters. The van der Waals surface area contributed by atoms with Crippen LogP contribution in [0.3, 0.4) is 0 Å². The van der Waals surface area contributed by atoms with Crippen molar-refractivity contribution < 1.29 is 0 Å². The first-order chi connectivity index (χ1) is 24.5. The second-order valence-corrected chi connectivity index (χ2v) is 23.3. The molecule has 4 aliphatic rings. The fourth-order valence-corrected chi connectivity index (χ4v) is 19.7. The predicted molar refractivity (Wildman–Crippen MR) is 250 cm³/mol. The van der Waals surface area contributed by atoms with E-state index in [2.05, 4.69) is 84.4 Å². The van der Waals surface area contributed by atoms with Gasteiger partial charge in [-0.25, -0.2) is 4.98 Å². The molecule has 5 heterocycles. The lowest BCUT2D eigenvalue weighted by atomic mass is 10.2. The normalized spacial score (nSPS) is 18.2. The molecule has 2 aromatic carbocycles. The zero-order chi connectivity index (χ0) is 34.5. The van der Waals surface area contributed by atoms with Gasteiger partial charge in [-0.1, -0.05) is 124 Å². The van der Waals surface area contributed by atoms with Crippen molar-refractivity contribution in [3.05, 3.63) is 134 Å². The third kappa shape index (κ3) is 9.26. The summed E-state index contributed by atoms with van der Waals surface area (Å²) < 4.78 is 11.2. The van der Waals surface area contributed by atoms with Crippen molar-refractivity contribution >= 4 is 175 Å². The Kier molecular flexibility index (Phi) is 13.8. The number of pyridine rings is 1. The Morgan fingerprint density at radius 2 is 0.860 bits per heavy atom. The number of thioether (sulfide) groups is 12. The van der Waals surface area contributed by atoms with Gasteiger partial charge in [0.2, 0.25) is 0 Å². The van der Waals surface area contributed by atoms with Crippen LogP contribution in [0.1, 0.15) is 22.5 Å². The standard InChI is InChI=1S/C35H27N3S12/c1-39-28-29(40-2)48-34(47-28)32-43-18-26(45-32)20-8-12-22(13-9-20)36-16-24-6-5-7-25(38-24)17-37-23-14-10-21(11-15-23)27-19-44-33(46-27)35-49-30(41-3)31(42-4)50-35/h5-19H,1-4H3. The molecule has 1 aromatic heterocycles. The van der Waals surface area contributed by atoms with Crippen LogP contribution >= 0.6 is 141 Å². The maximum absolute atomic E-state index is 4.74. The number of nitrogens with zero attached hydrogens (tertiary/aromatic N) is 3. The van der Waals surface area contributed by atoms with Gasteiger partial charge in [0.25, 0.3) is 0 Å². The Bertz CT molecular complexity index is 1860. The summed E-state index contributed by atoms with van der Waals surface area (Å²) in [7, 11) is 0. The van der Waals surface area contributed by atoms with Gasteiger partial charge in [-0.3, -0.25) is 9.98 Å². The molecule has 0 fully saturated rings. The molecule has 0 saturated heterocycles. The average Bonchev–Trinajstić information content (AvgIpc) is 3.99. The predicted octanol–water partition coefficient (Wildman–Crippen LogP) is 15.1. The van der Waals surface area contributed by atoms with Crippen molar-refractivity contribution in [2.24, 2.45) is 9.98 Å². The molecule has 0 amide bonds. The quantitative estimate of drug-likeness (QED) is 0.182. The van der Waals surface area contributed by atoms with E-state index in [1.54, 1.807) is 0 Å². The van der Waals surface area contributed by atoms with Gasteiger partial charge in [-0.2, -0.15) is 0 Å². The fourth-order valence-electron chi connectivity index (χ4n) is 4.47. The number of aliphatic imine (C=N–C) groups is 2. The zero-order valence-corrected chi connectivity index (χ0v) is 36.7. The second kappa shape index (κ2) is 18.3. The van der Waals surface area contributed by atoms with Crippen molar-refractivity contribution in [1.82, 2.24) is 4.98 Å². The first-order valence-electron chi connectivity index (χ1n) is 14.7. The number of hydrogen-bond acceptors (Lipinski definition) is 15. The molecule has 50 heavy (non-hydrogen) atoms. The zero-order valence-electron chi connectivity index (χ0n) is 26.9. The Morgan fingerprint density at radius 1 is 0.480 bits per heavy atom. The minimum absolute atomic E-state index is 0.792. The molecular weight excluding hydrogens is 847 g/mol. The van der Waals surface area contributed by atoms with Gasteiger partial charge in [-0.15, -0.1) is 47.0 Å². The molecule has 0 spiro atoms. The van der Waals surface area contributed by atoms with Gasteiger partial charge in [0, 0.05) is 9.81 Å². The molecule has 0 saturated carbocycles. The third-order valence-corrected chi connectivity index (χ3v) is 23.2. The Labute approximate surface area is 344 Å². The topological polar surface area (TPSA) is 37.6 Å². The van der Waals surface area contributed by atoms with E-state index in [1.807, 2.05) is 172 Å². The molecule has 254 valence electrons. The first-order valence-corrected chi connectivity index (χ1v) is 26.3. The number of hydrogen-bond donors (Lipinski definition) is 0. The summed E-state index contributed by atoms with van der Waals surface area (Å²) in [4.78, 5) is 16.7. The number of benzene rings is 2. The van der Waals surface area contributed by atoms with Crippen LogP contribution in [0.15, 0.2) is 121 Å². The van der Waals surface area contributed by atoms with Crippen LogP contribution in [0, 0.1) is 0 Å². The van der Waals surface area contributed by atoms with E-state index in [0.29, 0.717) is 0 Å². The molecule has 3 nitrogen and oxygen atoms in total. The molecule has 3 aromatic rings. The Morgan fingerprint density at radius 3 is 1.22 bits per heavy atom. The highest BCUT2D eigenvalue weighted by molar-refractivity contribution is 8.43. The molecule has 4 aliphatic heterocycles. The summed E-state index contributed by atoms with van der Waals surface area (Å²) in [6, 6.07) is 22.8. The number of rotatable bonds is 10. The summed E-state index contributed by atoms with van der Waals surface area (Å²) in [5, 5.41) is 4.53. The highest BCUT2D eigenvalue weighted by Crippen LogP contribution is 2.64. The lowest BCUT2D eigenvalue weighted by Gasteiger charge is -2.04. The molecule has 0 bridgehead atoms. The second-order valence-electron chi connectivity index (χ2n) is 10.0. The molecule has 15 heteroatoms. The fraction of sp³-hybridized carbons (Fsp3) is 0.114. The Hall–Kier alpha value is -0.430. The number of aromatic nitrogens is 1. The minimum Gasteiger partial charge on any atom is -0.255 e. The lowest BCUT2D eigenvalue weighted by Crippen LogP contribution is -1.93. The van der Waals surface area contributed by atoms with Crippen LogP contribution < -0.4 is 0 Å². The van der Waals surface area contributed by atoms with Crippen molar-refractivity contribution in [2.75, 3.05) is 25.0 Å². The van der Waals surface area contributed by atoms with E-state index in [9.17, 15) is 0 Å². The van der Waals surface area contributed by atoms with E-state index < -0.39 is 0 Å². The van der Waals surface area contributed by atoms with E-state index in [4.69, 9.17) is 15.0 Å². The van der Waals surface area contributed by atoms with Crippen LogP contribution in [0.25, 0.3) is 9.81 Å². The summed E-state index contributed by atoms with van der Waals surface area (Å²) in [5.74, 6) is 0. The summed E-state index contributed by atoms with van der Waals surface area (Å²) in [6.07, 6.45) is 12.3. The average molecular weight is 874 g/mol. The molecule has 0 atom stereocenters. The monoisotopic (exact) mass is 873 g/mol. The molecule has 0 aliphatic carbocycles. The van der Waals surface area contributed by atoms with E-state index in [0.717, 1.165) is 22.8 Å². The molecular formula is C35H27N3S12. The van der Waals surface area contributed by atoms with Crippen molar-refractivity contribution in [3.8, 4) is 0 Å². The minimum atomic E-state index is 0.792. The summed E-state index contributed by atoms with van der Waals surface area (Å²) in [5.41, 5.74) is 5.81. The van der Waals surface area contributed by atoms with Crippen molar-refractivity contribution in [2.45, 2.75) is 0 Å². The van der Waals surface area contributed by atoms with Crippen molar-refractivity contribution in [1.29, 1.82) is 0 Å². The van der Waals surface area contributed by atoms with Crippen LogP contribution in [0.5, 0.6) is 0 Å². The SMILES string of the molecule is CSC1=C(SC)SC(=C2SC=C(c3ccc(N=Cc4cccc(C=Nc5ccc(C6=CSC(=C7SC(SC)=C(SC)S7)S6)cc5)n4)cc3)S2)S1. The van der Waals surface area contributed by atoms with Gasteiger partial charge >= 0.3 is 0 Å². The van der Waals surface area contributed by atoms with Gasteiger partial charge < -0.3 is 0 Å². The van der Waals surface area contributed by atoms with Crippen LogP contribution in [0.2, 0.25) is 0 Å². The van der Waals surface area contributed by atoms with Gasteiger partial charge in [-0.05, 0) is 83.4 Å². The maximum Gasteiger partial charge on any atom is 0.0820 e. The molecule has 0 N–H and O–H groups in total. The van der Waals surface area contributed by atoms with E-state index >= 15 is 0 Å². The van der Waals surface area contributed by atoms with Crippen molar-refractivity contribution in [3.63, 3.8) is 0 Å². The smallest absolute Gasteiger partial charge is 0.0820 e. The third-order valence-electron chi connectivity index (χ3n) is 6.89.